The third-order valence-electron chi connectivity index (χ3n) is 4.00. The van der Waals surface area contributed by atoms with Crippen LogP contribution in [0.15, 0.2) is 17.9 Å². The van der Waals surface area contributed by atoms with Gasteiger partial charge in [-0.2, -0.15) is 0 Å². The van der Waals surface area contributed by atoms with Crippen molar-refractivity contribution < 1.29 is 0 Å². The number of nitrogens with zero attached hydrogens (tertiary/aromatic N) is 5. The van der Waals surface area contributed by atoms with Crippen molar-refractivity contribution in [3.63, 3.8) is 0 Å². The lowest BCUT2D eigenvalue weighted by molar-refractivity contribution is 0.198. The summed E-state index contributed by atoms with van der Waals surface area (Å²) < 4.78 is 0. The van der Waals surface area contributed by atoms with E-state index >= 15 is 0 Å². The van der Waals surface area contributed by atoms with Crippen LogP contribution in [0.3, 0.4) is 0 Å². The first-order valence-corrected chi connectivity index (χ1v) is 8.53. The third kappa shape index (κ3) is 3.02. The fourth-order valence-corrected chi connectivity index (χ4v) is 3.68. The van der Waals surface area contributed by atoms with Crippen LogP contribution in [-0.4, -0.2) is 53.1 Å². The molecule has 0 bridgehead atoms. The monoisotopic (exact) mass is 338 g/mol. The van der Waals surface area contributed by atoms with Crippen LogP contribution in [0.1, 0.15) is 18.0 Å². The van der Waals surface area contributed by atoms with Gasteiger partial charge in [0.05, 0.1) is 6.04 Å². The summed E-state index contributed by atoms with van der Waals surface area (Å²) >= 11 is 7.85. The van der Waals surface area contributed by atoms with Gasteiger partial charge in [0.15, 0.2) is 11.0 Å². The van der Waals surface area contributed by atoms with Crippen LogP contribution in [0.25, 0.3) is 0 Å². The number of hydrogen-bond donors (Lipinski definition) is 1. The summed E-state index contributed by atoms with van der Waals surface area (Å²) in [5.41, 5.74) is 0.797. The lowest BCUT2D eigenvalue weighted by Crippen LogP contribution is -2.47. The molecule has 8 heteroatoms. The third-order valence-corrected chi connectivity index (χ3v) is 5.23. The topological polar surface area (TPSA) is 57.2 Å². The predicted octanol–water partition coefficient (Wildman–Crippen LogP) is 2.51. The second kappa shape index (κ2) is 6.76. The number of halogens is 1. The van der Waals surface area contributed by atoms with Crippen molar-refractivity contribution in [2.24, 2.45) is 0 Å². The number of hydrogen-bond acceptors (Lipinski definition) is 7. The molecular formula is C14H19ClN6S. The highest BCUT2D eigenvalue weighted by molar-refractivity contribution is 7.09. The van der Waals surface area contributed by atoms with Crippen LogP contribution in [0.2, 0.25) is 5.15 Å². The summed E-state index contributed by atoms with van der Waals surface area (Å²) in [7, 11) is 1.84. The SMILES string of the molecule is CNc1c(Cl)ncnc1N1CCN(C(C)c2nccs2)CC1. The average molecular weight is 339 g/mol. The van der Waals surface area contributed by atoms with Crippen molar-refractivity contribution in [1.29, 1.82) is 0 Å². The first-order valence-electron chi connectivity index (χ1n) is 7.27. The summed E-state index contributed by atoms with van der Waals surface area (Å²) in [5.74, 6) is 0.879. The Labute approximate surface area is 139 Å². The van der Waals surface area contributed by atoms with E-state index in [1.807, 2.05) is 18.6 Å². The Kier molecular flexibility index (Phi) is 4.75. The van der Waals surface area contributed by atoms with Gasteiger partial charge in [0.1, 0.15) is 17.0 Å². The van der Waals surface area contributed by atoms with E-state index < -0.39 is 0 Å². The van der Waals surface area contributed by atoms with Crippen molar-refractivity contribution in [2.45, 2.75) is 13.0 Å². The largest absolute Gasteiger partial charge is 0.383 e. The fraction of sp³-hybridized carbons (Fsp3) is 0.500. The number of nitrogens with one attached hydrogen (secondary N) is 1. The van der Waals surface area contributed by atoms with Gasteiger partial charge in [-0.3, -0.25) is 4.90 Å². The van der Waals surface area contributed by atoms with E-state index in [4.69, 9.17) is 11.6 Å². The van der Waals surface area contributed by atoms with Crippen LogP contribution in [0.4, 0.5) is 11.5 Å². The highest BCUT2D eigenvalue weighted by Gasteiger charge is 2.25. The fourth-order valence-electron chi connectivity index (χ4n) is 2.73. The van der Waals surface area contributed by atoms with Gasteiger partial charge in [-0.15, -0.1) is 11.3 Å². The standard InChI is InChI=1S/C14H19ClN6S/c1-10(14-17-3-8-22-14)20-4-6-21(7-5-20)13-11(16-2)12(15)18-9-19-13/h3,8-10,16H,4-7H2,1-2H3. The summed E-state index contributed by atoms with van der Waals surface area (Å²) in [6, 6.07) is 0.361. The quantitative estimate of drug-likeness (QED) is 0.864. The Morgan fingerprint density at radius 2 is 2.00 bits per heavy atom. The minimum atomic E-state index is 0.361. The van der Waals surface area contributed by atoms with E-state index in [1.54, 1.807) is 11.3 Å². The Morgan fingerprint density at radius 1 is 1.23 bits per heavy atom. The first kappa shape index (κ1) is 15.5. The molecule has 0 aliphatic carbocycles. The van der Waals surface area contributed by atoms with Gasteiger partial charge < -0.3 is 10.2 Å². The Balaban J connectivity index is 1.68. The van der Waals surface area contributed by atoms with Crippen molar-refractivity contribution in [3.8, 4) is 0 Å². The maximum absolute atomic E-state index is 6.14. The molecule has 1 saturated heterocycles. The highest BCUT2D eigenvalue weighted by Crippen LogP contribution is 2.30. The minimum Gasteiger partial charge on any atom is -0.383 e. The van der Waals surface area contributed by atoms with Gasteiger partial charge in [-0.1, -0.05) is 11.6 Å². The molecule has 1 atom stereocenters. The lowest BCUT2D eigenvalue weighted by Gasteiger charge is -2.38. The minimum absolute atomic E-state index is 0.361. The maximum Gasteiger partial charge on any atom is 0.157 e. The molecule has 3 heterocycles. The molecule has 1 unspecified atom stereocenters. The zero-order chi connectivity index (χ0) is 15.5. The number of rotatable bonds is 4. The molecule has 1 aliphatic rings. The normalized spacial score (nSPS) is 17.5. The highest BCUT2D eigenvalue weighted by atomic mass is 35.5. The first-order chi connectivity index (χ1) is 10.7. The number of piperazine rings is 1. The molecule has 2 aromatic rings. The second-order valence-corrected chi connectivity index (χ2v) is 6.47. The smallest absolute Gasteiger partial charge is 0.157 e. The van der Waals surface area contributed by atoms with Crippen molar-refractivity contribution in [1.82, 2.24) is 19.9 Å². The van der Waals surface area contributed by atoms with Gasteiger partial charge >= 0.3 is 0 Å². The van der Waals surface area contributed by atoms with E-state index in [-0.39, 0.29) is 0 Å². The van der Waals surface area contributed by atoms with Crippen molar-refractivity contribution in [3.05, 3.63) is 28.1 Å². The summed E-state index contributed by atoms with van der Waals surface area (Å²) in [6.07, 6.45) is 3.39. The number of anilines is 2. The van der Waals surface area contributed by atoms with Crippen LogP contribution >= 0.6 is 22.9 Å². The van der Waals surface area contributed by atoms with Gasteiger partial charge in [0.25, 0.3) is 0 Å². The van der Waals surface area contributed by atoms with Crippen molar-refractivity contribution in [2.75, 3.05) is 43.4 Å². The molecule has 3 rings (SSSR count). The molecule has 2 aromatic heterocycles. The van der Waals surface area contributed by atoms with Crippen LogP contribution in [0.5, 0.6) is 0 Å². The molecular weight excluding hydrogens is 320 g/mol. The Bertz CT molecular complexity index is 612. The molecule has 118 valence electrons. The van der Waals surface area contributed by atoms with E-state index in [2.05, 4.69) is 37.0 Å². The zero-order valence-electron chi connectivity index (χ0n) is 12.7. The molecule has 1 fully saturated rings. The number of aromatic nitrogens is 3. The Hall–Kier alpha value is -1.44. The van der Waals surface area contributed by atoms with E-state index in [9.17, 15) is 0 Å². The average Bonchev–Trinajstić information content (AvgIpc) is 3.08. The molecule has 0 radical (unpaired) electrons. The van der Waals surface area contributed by atoms with Crippen LogP contribution in [0, 0.1) is 0 Å². The molecule has 1 aliphatic heterocycles. The van der Waals surface area contributed by atoms with E-state index in [1.165, 1.54) is 11.3 Å². The maximum atomic E-state index is 6.14. The summed E-state index contributed by atoms with van der Waals surface area (Å²) in [5, 5.41) is 6.77. The molecule has 0 amide bonds. The second-order valence-electron chi connectivity index (χ2n) is 5.18. The van der Waals surface area contributed by atoms with E-state index in [0.717, 1.165) is 37.7 Å². The Morgan fingerprint density at radius 3 is 2.64 bits per heavy atom. The lowest BCUT2D eigenvalue weighted by atomic mass is 10.2. The van der Waals surface area contributed by atoms with E-state index in [0.29, 0.717) is 11.2 Å². The molecule has 1 N–H and O–H groups in total. The molecule has 6 nitrogen and oxygen atoms in total. The summed E-state index contributed by atoms with van der Waals surface area (Å²) in [4.78, 5) is 17.6. The van der Waals surface area contributed by atoms with Crippen LogP contribution in [-0.2, 0) is 0 Å². The van der Waals surface area contributed by atoms with Gasteiger partial charge in [-0.25, -0.2) is 15.0 Å². The summed E-state index contributed by atoms with van der Waals surface area (Å²) in [6.45, 7) is 6.00. The molecule has 0 saturated carbocycles. The van der Waals surface area contributed by atoms with Gasteiger partial charge in [0.2, 0.25) is 0 Å². The molecule has 0 spiro atoms. The van der Waals surface area contributed by atoms with Crippen LogP contribution < -0.4 is 10.2 Å². The number of thiazole rings is 1. The molecule has 22 heavy (non-hydrogen) atoms. The van der Waals surface area contributed by atoms with Gasteiger partial charge in [0, 0.05) is 44.8 Å². The predicted molar refractivity (Wildman–Crippen MR) is 90.9 cm³/mol. The van der Waals surface area contributed by atoms with Crippen molar-refractivity contribution >= 4 is 34.4 Å². The molecule has 0 aromatic carbocycles. The zero-order valence-corrected chi connectivity index (χ0v) is 14.2. The van der Waals surface area contributed by atoms with Gasteiger partial charge in [-0.05, 0) is 6.92 Å².